The summed E-state index contributed by atoms with van der Waals surface area (Å²) >= 11 is 0. The van der Waals surface area contributed by atoms with E-state index in [0.29, 0.717) is 29.2 Å². The molecular weight excluding hydrogens is 462 g/mol. The number of aromatic hydroxyl groups is 1. The molecule has 4 aromatic carbocycles. The molecule has 0 fully saturated rings. The number of nitro groups is 1. The Morgan fingerprint density at radius 1 is 1.00 bits per heavy atom. The fourth-order valence-electron chi connectivity index (χ4n) is 3.55. The second kappa shape index (κ2) is 11.0. The molecule has 0 atom stereocenters. The molecule has 0 aromatic heterocycles. The highest BCUT2D eigenvalue weighted by Gasteiger charge is 2.12. The summed E-state index contributed by atoms with van der Waals surface area (Å²) in [7, 11) is 0. The monoisotopic (exact) mass is 485 g/mol. The molecule has 0 saturated heterocycles. The van der Waals surface area contributed by atoms with Crippen molar-refractivity contribution in [3.05, 3.63) is 106 Å². The standard InChI is InChI=1S/C27H23N3O6/c1-2-35-26-13-18(10-11-25(26)36-17-19-6-5-9-22(12-19)30(33)34)16-28-29-27(32)23-14-20-7-3-4-8-21(20)15-24(23)31/h3-16,31H,2,17H2,1H3,(H,29,32). The molecule has 9 nitrogen and oxygen atoms in total. The van der Waals surface area contributed by atoms with E-state index in [9.17, 15) is 20.0 Å². The van der Waals surface area contributed by atoms with Crippen LogP contribution >= 0.6 is 0 Å². The summed E-state index contributed by atoms with van der Waals surface area (Å²) in [5.74, 6) is 0.248. The minimum absolute atomic E-state index is 0.00764. The largest absolute Gasteiger partial charge is 0.507 e. The van der Waals surface area contributed by atoms with Gasteiger partial charge in [-0.25, -0.2) is 5.43 Å². The lowest BCUT2D eigenvalue weighted by molar-refractivity contribution is -0.384. The molecule has 0 spiro atoms. The number of phenols is 1. The number of phenolic OH excluding ortho intramolecular Hbond substituents is 1. The first-order valence-corrected chi connectivity index (χ1v) is 11.1. The number of benzene rings is 4. The van der Waals surface area contributed by atoms with Crippen molar-refractivity contribution in [1.29, 1.82) is 0 Å². The summed E-state index contributed by atoms with van der Waals surface area (Å²) in [6.45, 7) is 2.35. The van der Waals surface area contributed by atoms with E-state index in [1.165, 1.54) is 24.4 Å². The zero-order valence-corrected chi connectivity index (χ0v) is 19.4. The van der Waals surface area contributed by atoms with E-state index in [-0.39, 0.29) is 23.6 Å². The van der Waals surface area contributed by atoms with Crippen LogP contribution in [0.1, 0.15) is 28.4 Å². The van der Waals surface area contributed by atoms with Crippen LogP contribution in [-0.2, 0) is 6.61 Å². The van der Waals surface area contributed by atoms with Crippen molar-refractivity contribution in [2.75, 3.05) is 6.61 Å². The van der Waals surface area contributed by atoms with Gasteiger partial charge in [0.1, 0.15) is 12.4 Å². The third-order valence-corrected chi connectivity index (χ3v) is 5.27. The first-order chi connectivity index (χ1) is 17.4. The Labute approximate surface area is 206 Å². The number of non-ortho nitro benzene ring substituents is 1. The minimum atomic E-state index is -0.545. The van der Waals surface area contributed by atoms with E-state index in [1.807, 2.05) is 31.2 Å². The molecule has 4 rings (SSSR count). The lowest BCUT2D eigenvalue weighted by atomic mass is 10.1. The number of carbonyl (C=O) groups excluding carboxylic acids is 1. The van der Waals surface area contributed by atoms with Gasteiger partial charge >= 0.3 is 0 Å². The van der Waals surface area contributed by atoms with Gasteiger partial charge in [-0.05, 0) is 59.2 Å². The number of hydrogen-bond donors (Lipinski definition) is 2. The SMILES string of the molecule is CCOc1cc(C=NNC(=O)c2cc3ccccc3cc2O)ccc1OCc1cccc([N+](=O)[O-])c1. The van der Waals surface area contributed by atoms with Gasteiger partial charge in [-0.3, -0.25) is 14.9 Å². The summed E-state index contributed by atoms with van der Waals surface area (Å²) in [5, 5.41) is 26.8. The lowest BCUT2D eigenvalue weighted by Gasteiger charge is -2.12. The summed E-state index contributed by atoms with van der Waals surface area (Å²) in [5.41, 5.74) is 3.83. The molecule has 0 unspecified atom stereocenters. The predicted molar refractivity (Wildman–Crippen MR) is 136 cm³/mol. The van der Waals surface area contributed by atoms with Gasteiger partial charge in [0.05, 0.1) is 23.3 Å². The van der Waals surface area contributed by atoms with Crippen molar-refractivity contribution in [2.45, 2.75) is 13.5 Å². The van der Waals surface area contributed by atoms with Gasteiger partial charge in [0, 0.05) is 12.1 Å². The molecule has 0 aliphatic carbocycles. The Kier molecular flexibility index (Phi) is 7.40. The molecule has 1 amide bonds. The van der Waals surface area contributed by atoms with Gasteiger partial charge < -0.3 is 14.6 Å². The normalized spacial score (nSPS) is 10.9. The van der Waals surface area contributed by atoms with E-state index in [4.69, 9.17) is 9.47 Å². The molecule has 182 valence electrons. The van der Waals surface area contributed by atoms with Crippen molar-refractivity contribution in [3.8, 4) is 17.2 Å². The maximum absolute atomic E-state index is 12.5. The van der Waals surface area contributed by atoms with E-state index in [2.05, 4.69) is 10.5 Å². The Morgan fingerprint density at radius 3 is 2.53 bits per heavy atom. The van der Waals surface area contributed by atoms with Gasteiger partial charge in [0.2, 0.25) is 0 Å². The Hall–Kier alpha value is -4.92. The zero-order valence-electron chi connectivity index (χ0n) is 19.4. The van der Waals surface area contributed by atoms with Gasteiger partial charge in [-0.1, -0.05) is 36.4 Å². The molecule has 0 bridgehead atoms. The van der Waals surface area contributed by atoms with Crippen LogP contribution in [0.5, 0.6) is 17.2 Å². The predicted octanol–water partition coefficient (Wildman–Crippen LogP) is 5.20. The van der Waals surface area contributed by atoms with Crippen LogP contribution in [0.4, 0.5) is 5.69 Å². The molecule has 0 aliphatic heterocycles. The molecule has 0 saturated carbocycles. The van der Waals surface area contributed by atoms with E-state index < -0.39 is 10.8 Å². The van der Waals surface area contributed by atoms with Gasteiger partial charge in [-0.2, -0.15) is 5.10 Å². The maximum atomic E-state index is 12.5. The molecule has 9 heteroatoms. The third kappa shape index (κ3) is 5.76. The van der Waals surface area contributed by atoms with Crippen molar-refractivity contribution in [1.82, 2.24) is 5.43 Å². The van der Waals surface area contributed by atoms with Gasteiger partial charge in [0.25, 0.3) is 11.6 Å². The highest BCUT2D eigenvalue weighted by Crippen LogP contribution is 2.29. The van der Waals surface area contributed by atoms with E-state index in [0.717, 1.165) is 10.8 Å². The van der Waals surface area contributed by atoms with Crippen LogP contribution in [0.3, 0.4) is 0 Å². The molecule has 4 aromatic rings. The summed E-state index contributed by atoms with van der Waals surface area (Å²) in [6, 6.07) is 21.9. The fourth-order valence-corrected chi connectivity index (χ4v) is 3.55. The molecule has 2 N–H and O–H groups in total. The number of rotatable bonds is 9. The summed E-state index contributed by atoms with van der Waals surface area (Å²) in [4.78, 5) is 23.1. The maximum Gasteiger partial charge on any atom is 0.275 e. The fraction of sp³-hybridized carbons (Fsp3) is 0.111. The number of nitrogens with one attached hydrogen (secondary N) is 1. The molecule has 0 radical (unpaired) electrons. The lowest BCUT2D eigenvalue weighted by Crippen LogP contribution is -2.17. The van der Waals surface area contributed by atoms with Gasteiger partial charge in [-0.15, -0.1) is 0 Å². The number of carbonyl (C=O) groups is 1. The summed E-state index contributed by atoms with van der Waals surface area (Å²) < 4.78 is 11.5. The van der Waals surface area contributed by atoms with Crippen LogP contribution in [0.25, 0.3) is 10.8 Å². The van der Waals surface area contributed by atoms with E-state index in [1.54, 1.807) is 36.4 Å². The number of nitrogens with zero attached hydrogens (tertiary/aromatic N) is 2. The highest BCUT2D eigenvalue weighted by molar-refractivity contribution is 6.01. The number of hydrogen-bond acceptors (Lipinski definition) is 7. The Balaban J connectivity index is 1.44. The van der Waals surface area contributed by atoms with Crippen LogP contribution in [0, 0.1) is 10.1 Å². The van der Waals surface area contributed by atoms with Crippen LogP contribution in [0.2, 0.25) is 0 Å². The number of fused-ring (bicyclic) bond motifs is 1. The average Bonchev–Trinajstić information content (AvgIpc) is 2.88. The minimum Gasteiger partial charge on any atom is -0.507 e. The topological polar surface area (TPSA) is 123 Å². The second-order valence-corrected chi connectivity index (χ2v) is 7.77. The Bertz CT molecular complexity index is 1450. The molecule has 0 aliphatic rings. The summed E-state index contributed by atoms with van der Waals surface area (Å²) in [6.07, 6.45) is 1.45. The quantitative estimate of drug-likeness (QED) is 0.191. The van der Waals surface area contributed by atoms with Crippen LogP contribution < -0.4 is 14.9 Å². The number of ether oxygens (including phenoxy) is 2. The van der Waals surface area contributed by atoms with Crippen LogP contribution in [-0.4, -0.2) is 28.8 Å². The number of amides is 1. The van der Waals surface area contributed by atoms with E-state index >= 15 is 0 Å². The highest BCUT2D eigenvalue weighted by atomic mass is 16.6. The smallest absolute Gasteiger partial charge is 0.275 e. The first-order valence-electron chi connectivity index (χ1n) is 11.1. The average molecular weight is 485 g/mol. The number of hydrazone groups is 1. The van der Waals surface area contributed by atoms with Crippen molar-refractivity contribution in [2.24, 2.45) is 5.10 Å². The van der Waals surface area contributed by atoms with Gasteiger partial charge in [0.15, 0.2) is 11.5 Å². The van der Waals surface area contributed by atoms with Crippen molar-refractivity contribution < 1.29 is 24.3 Å². The first kappa shape index (κ1) is 24.2. The third-order valence-electron chi connectivity index (χ3n) is 5.27. The Morgan fingerprint density at radius 2 is 1.78 bits per heavy atom. The van der Waals surface area contributed by atoms with Crippen molar-refractivity contribution >= 4 is 28.6 Å². The van der Waals surface area contributed by atoms with Crippen molar-refractivity contribution in [3.63, 3.8) is 0 Å². The zero-order chi connectivity index (χ0) is 25.5. The molecule has 0 heterocycles. The van der Waals surface area contributed by atoms with Crippen LogP contribution in [0.15, 0.2) is 84.0 Å². The number of nitro benzene ring substituents is 1. The second-order valence-electron chi connectivity index (χ2n) is 7.77. The molecule has 36 heavy (non-hydrogen) atoms. The molecular formula is C27H23N3O6.